The molecule has 1 aromatic heterocycles. The summed E-state index contributed by atoms with van der Waals surface area (Å²) in [6.07, 6.45) is 1.53. The molecule has 0 fully saturated rings. The summed E-state index contributed by atoms with van der Waals surface area (Å²) in [4.78, 5) is 10.8. The van der Waals surface area contributed by atoms with Crippen LogP contribution >= 0.6 is 0 Å². The van der Waals surface area contributed by atoms with E-state index in [1.807, 2.05) is 0 Å². The van der Waals surface area contributed by atoms with Crippen molar-refractivity contribution in [3.8, 4) is 5.75 Å². The molecular weight excluding hydrogens is 146 g/mol. The van der Waals surface area contributed by atoms with Crippen LogP contribution in [-0.4, -0.2) is 15.0 Å². The first-order chi connectivity index (χ1) is 5.15. The van der Waals surface area contributed by atoms with Gasteiger partial charge in [-0.25, -0.2) is 0 Å². The lowest BCUT2D eigenvalue weighted by molar-refractivity contribution is 0.171. The Morgan fingerprint density at radius 2 is 2.27 bits per heavy atom. The smallest absolute Gasteiger partial charge is 0.223 e. The number of aromatic nitrogens is 1. The Bertz CT molecular complexity index is 316. The largest absolute Gasteiger partial charge is 0.503 e. The molecule has 0 bridgehead atoms. The monoisotopic (exact) mass is 155 g/mol. The fourth-order valence-corrected chi connectivity index (χ4v) is 0.818. The average molecular weight is 155 g/mol. The van der Waals surface area contributed by atoms with Gasteiger partial charge in [-0.15, -0.1) is 0 Å². The van der Waals surface area contributed by atoms with Gasteiger partial charge in [0.1, 0.15) is 0 Å². The van der Waals surface area contributed by atoms with Crippen molar-refractivity contribution in [2.24, 2.45) is 0 Å². The highest BCUT2D eigenvalue weighted by Crippen LogP contribution is 2.02. The second-order valence-electron chi connectivity index (χ2n) is 2.21. The molecule has 60 valence electrons. The fourth-order valence-electron chi connectivity index (χ4n) is 0.818. The van der Waals surface area contributed by atoms with Crippen LogP contribution in [0.3, 0.4) is 0 Å². The van der Waals surface area contributed by atoms with E-state index in [9.17, 15) is 4.79 Å². The zero-order valence-electron chi connectivity index (χ0n) is 6.11. The summed E-state index contributed by atoms with van der Waals surface area (Å²) in [6.45, 7) is 1.80. The molecule has 11 heavy (non-hydrogen) atoms. The minimum absolute atomic E-state index is 0.440. The Morgan fingerprint density at radius 3 is 2.82 bits per heavy atom. The molecule has 0 aromatic carbocycles. The van der Waals surface area contributed by atoms with Crippen molar-refractivity contribution in [3.05, 3.63) is 28.2 Å². The molecule has 0 radical (unpaired) electrons. The van der Waals surface area contributed by atoms with Gasteiger partial charge in [0, 0.05) is 6.07 Å². The first kappa shape index (κ1) is 7.65. The molecule has 0 spiro atoms. The first-order valence-electron chi connectivity index (χ1n) is 3.29. The molecule has 1 aromatic rings. The quantitative estimate of drug-likeness (QED) is 0.575. The predicted molar refractivity (Wildman–Crippen MR) is 38.9 cm³/mol. The zero-order chi connectivity index (χ0) is 8.43. The standard InChI is InChI=1S/C7H9NO3/c1-2-5-3-6(9)7(10)4-8(5)11/h3-4,10-11H,2H2,1H3. The number of hydrogen-bond acceptors (Lipinski definition) is 3. The molecule has 0 saturated carbocycles. The van der Waals surface area contributed by atoms with Crippen molar-refractivity contribution in [3.63, 3.8) is 0 Å². The summed E-state index contributed by atoms with van der Waals surface area (Å²) in [7, 11) is 0. The topological polar surface area (TPSA) is 62.5 Å². The molecule has 0 amide bonds. The molecule has 0 aliphatic rings. The Labute approximate surface area is 63.3 Å². The maximum atomic E-state index is 10.8. The van der Waals surface area contributed by atoms with Crippen LogP contribution in [0.2, 0.25) is 0 Å². The maximum absolute atomic E-state index is 10.8. The fraction of sp³-hybridized carbons (Fsp3) is 0.286. The summed E-state index contributed by atoms with van der Waals surface area (Å²) in [5.41, 5.74) is 0.0138. The van der Waals surface area contributed by atoms with E-state index < -0.39 is 11.2 Å². The molecule has 0 atom stereocenters. The highest BCUT2D eigenvalue weighted by Gasteiger charge is 2.01. The third kappa shape index (κ3) is 1.34. The lowest BCUT2D eigenvalue weighted by atomic mass is 10.3. The van der Waals surface area contributed by atoms with Crippen molar-refractivity contribution in [1.82, 2.24) is 4.73 Å². The number of rotatable bonds is 1. The number of hydrogen-bond donors (Lipinski definition) is 2. The van der Waals surface area contributed by atoms with Crippen molar-refractivity contribution in [2.75, 3.05) is 0 Å². The van der Waals surface area contributed by atoms with Gasteiger partial charge in [0.15, 0.2) is 5.75 Å². The summed E-state index contributed by atoms with van der Waals surface area (Å²) in [5.74, 6) is -0.440. The van der Waals surface area contributed by atoms with E-state index in [-0.39, 0.29) is 0 Å². The molecule has 4 heteroatoms. The molecule has 1 rings (SSSR count). The first-order valence-corrected chi connectivity index (χ1v) is 3.29. The Morgan fingerprint density at radius 1 is 1.64 bits per heavy atom. The molecule has 2 N–H and O–H groups in total. The van der Waals surface area contributed by atoms with E-state index in [4.69, 9.17) is 10.3 Å². The van der Waals surface area contributed by atoms with E-state index in [0.717, 1.165) is 10.9 Å². The minimum atomic E-state index is -0.466. The Hall–Kier alpha value is -1.45. The minimum Gasteiger partial charge on any atom is -0.503 e. The van der Waals surface area contributed by atoms with Crippen LogP contribution in [0.1, 0.15) is 12.6 Å². The van der Waals surface area contributed by atoms with Crippen LogP contribution in [0.15, 0.2) is 17.1 Å². The van der Waals surface area contributed by atoms with Gasteiger partial charge in [-0.1, -0.05) is 6.92 Å². The summed E-state index contributed by atoms with van der Waals surface area (Å²) < 4.78 is 0.747. The van der Waals surface area contributed by atoms with E-state index in [1.165, 1.54) is 6.07 Å². The SMILES string of the molecule is CCc1cc(=O)c(O)cn1O. The van der Waals surface area contributed by atoms with Crippen LogP contribution in [0.4, 0.5) is 0 Å². The second-order valence-corrected chi connectivity index (χ2v) is 2.21. The molecule has 0 saturated heterocycles. The Kier molecular flexibility index (Phi) is 1.85. The number of aryl methyl sites for hydroxylation is 1. The van der Waals surface area contributed by atoms with Gasteiger partial charge in [0.2, 0.25) is 5.43 Å². The molecule has 1 heterocycles. The van der Waals surface area contributed by atoms with Crippen LogP contribution in [0, 0.1) is 0 Å². The third-order valence-corrected chi connectivity index (χ3v) is 1.45. The van der Waals surface area contributed by atoms with Crippen LogP contribution in [-0.2, 0) is 6.42 Å². The summed E-state index contributed by atoms with van der Waals surface area (Å²) in [5, 5.41) is 17.9. The number of nitrogens with zero attached hydrogens (tertiary/aromatic N) is 1. The van der Waals surface area contributed by atoms with Crippen molar-refractivity contribution < 1.29 is 10.3 Å². The lowest BCUT2D eigenvalue weighted by Crippen LogP contribution is -2.08. The van der Waals surface area contributed by atoms with E-state index in [1.54, 1.807) is 6.92 Å². The van der Waals surface area contributed by atoms with E-state index >= 15 is 0 Å². The molecule has 0 aliphatic carbocycles. The van der Waals surface area contributed by atoms with E-state index in [2.05, 4.69) is 0 Å². The van der Waals surface area contributed by atoms with Crippen LogP contribution in [0.25, 0.3) is 0 Å². The van der Waals surface area contributed by atoms with E-state index in [0.29, 0.717) is 12.1 Å². The highest BCUT2D eigenvalue weighted by molar-refractivity contribution is 5.19. The number of pyridine rings is 1. The van der Waals surface area contributed by atoms with Crippen molar-refractivity contribution in [1.29, 1.82) is 0 Å². The summed E-state index contributed by atoms with van der Waals surface area (Å²) >= 11 is 0. The van der Waals surface area contributed by atoms with Crippen molar-refractivity contribution >= 4 is 0 Å². The van der Waals surface area contributed by atoms with Gasteiger partial charge in [-0.2, -0.15) is 4.73 Å². The molecular formula is C7H9NO3. The highest BCUT2D eigenvalue weighted by atomic mass is 16.5. The maximum Gasteiger partial charge on any atom is 0.223 e. The summed E-state index contributed by atoms with van der Waals surface area (Å²) in [6, 6.07) is 1.20. The predicted octanol–water partition coefficient (Wildman–Crippen LogP) is 0.354. The Balaban J connectivity index is 3.32. The van der Waals surface area contributed by atoms with Crippen molar-refractivity contribution in [2.45, 2.75) is 13.3 Å². The number of aromatic hydroxyl groups is 1. The van der Waals surface area contributed by atoms with Crippen LogP contribution in [0.5, 0.6) is 5.75 Å². The van der Waals surface area contributed by atoms with Gasteiger partial charge in [-0.3, -0.25) is 4.79 Å². The van der Waals surface area contributed by atoms with Crippen LogP contribution < -0.4 is 5.43 Å². The lowest BCUT2D eigenvalue weighted by Gasteiger charge is -2.03. The van der Waals surface area contributed by atoms with Gasteiger partial charge in [0.25, 0.3) is 0 Å². The third-order valence-electron chi connectivity index (χ3n) is 1.45. The zero-order valence-corrected chi connectivity index (χ0v) is 6.11. The molecule has 0 unspecified atom stereocenters. The second kappa shape index (κ2) is 2.65. The normalized spacial score (nSPS) is 9.91. The van der Waals surface area contributed by atoms with Gasteiger partial charge in [-0.05, 0) is 6.42 Å². The molecule has 0 aliphatic heterocycles. The van der Waals surface area contributed by atoms with Gasteiger partial charge < -0.3 is 10.3 Å². The van der Waals surface area contributed by atoms with Gasteiger partial charge >= 0.3 is 0 Å². The average Bonchev–Trinajstić information content (AvgIpc) is 1.97. The molecule has 4 nitrogen and oxygen atoms in total. The van der Waals surface area contributed by atoms with Gasteiger partial charge in [0.05, 0.1) is 11.9 Å².